The molecule has 0 aromatic rings. The molecule has 3 nitrogen and oxygen atoms in total. The fraction of sp³-hybridized carbons (Fsp3) is 1.00. The van der Waals surface area contributed by atoms with E-state index >= 15 is 0 Å². The molecule has 0 radical (unpaired) electrons. The molecule has 0 aliphatic heterocycles. The van der Waals surface area contributed by atoms with Crippen molar-refractivity contribution in [2.75, 3.05) is 6.61 Å². The average Bonchev–Trinajstić information content (AvgIpc) is 2.03. The topological polar surface area (TPSA) is 38.7 Å². The van der Waals surface area contributed by atoms with E-state index in [0.717, 1.165) is 12.8 Å². The molecule has 0 aromatic heterocycles. The van der Waals surface area contributed by atoms with Gasteiger partial charge in [-0.15, -0.1) is 4.91 Å². The Bertz CT molecular complexity index is 91.1. The van der Waals surface area contributed by atoms with Crippen LogP contribution in [0.4, 0.5) is 0 Å². The normalized spacial score (nSPS) is 8.75. The van der Waals surface area contributed by atoms with Crippen molar-refractivity contribution in [3.05, 3.63) is 4.91 Å². The van der Waals surface area contributed by atoms with Crippen molar-refractivity contribution in [2.45, 2.75) is 45.4 Å². The third-order valence-electron chi connectivity index (χ3n) is 1.64. The molecule has 0 amide bonds. The van der Waals surface area contributed by atoms with Crippen molar-refractivity contribution in [3.8, 4) is 0 Å². The molecule has 0 saturated heterocycles. The van der Waals surface area contributed by atoms with Crippen molar-refractivity contribution >= 4 is 29.6 Å². The van der Waals surface area contributed by atoms with Gasteiger partial charge in [0.25, 0.3) is 0 Å². The summed E-state index contributed by atoms with van der Waals surface area (Å²) in [7, 11) is 0. The van der Waals surface area contributed by atoms with Crippen LogP contribution in [0.15, 0.2) is 5.34 Å². The quantitative estimate of drug-likeness (QED) is 0.251. The monoisotopic (exact) mass is 183 g/mol. The SMILES string of the molecule is CCCCCCCCON=O.[NaH]. The van der Waals surface area contributed by atoms with Crippen LogP contribution in [0.25, 0.3) is 0 Å². The fourth-order valence-electron chi connectivity index (χ4n) is 0.984. The van der Waals surface area contributed by atoms with Crippen LogP contribution in [0.3, 0.4) is 0 Å². The molecule has 4 heteroatoms. The Morgan fingerprint density at radius 3 is 2.25 bits per heavy atom. The zero-order valence-electron chi connectivity index (χ0n) is 7.21. The Kier molecular flexibility index (Phi) is 17.3. The molecule has 0 aliphatic rings. The zero-order valence-corrected chi connectivity index (χ0v) is 7.21. The summed E-state index contributed by atoms with van der Waals surface area (Å²) < 4.78 is 0. The number of hydrogen-bond acceptors (Lipinski definition) is 3. The predicted octanol–water partition coefficient (Wildman–Crippen LogP) is 2.40. The van der Waals surface area contributed by atoms with Gasteiger partial charge in [-0.2, -0.15) is 0 Å². The van der Waals surface area contributed by atoms with E-state index in [9.17, 15) is 4.91 Å². The van der Waals surface area contributed by atoms with Gasteiger partial charge in [-0.25, -0.2) is 0 Å². The number of hydrogen-bond donors (Lipinski definition) is 0. The summed E-state index contributed by atoms with van der Waals surface area (Å²) in [4.78, 5) is 13.8. The van der Waals surface area contributed by atoms with E-state index in [1.54, 1.807) is 0 Å². The molecule has 0 N–H and O–H groups in total. The summed E-state index contributed by atoms with van der Waals surface area (Å²) in [6.07, 6.45) is 7.23. The Morgan fingerprint density at radius 1 is 1.08 bits per heavy atom. The maximum absolute atomic E-state index is 9.47. The van der Waals surface area contributed by atoms with Crippen LogP contribution in [0, 0.1) is 4.91 Å². The molecule has 0 bridgehead atoms. The van der Waals surface area contributed by atoms with E-state index in [1.807, 2.05) is 0 Å². The van der Waals surface area contributed by atoms with E-state index in [2.05, 4.69) is 17.1 Å². The van der Waals surface area contributed by atoms with Gasteiger partial charge in [0.05, 0.1) is 0 Å². The first kappa shape index (κ1) is 14.9. The number of nitrogens with zero attached hydrogens (tertiary/aromatic N) is 1. The molecule has 0 aliphatic carbocycles. The Balaban J connectivity index is 0. The van der Waals surface area contributed by atoms with Gasteiger partial charge in [-0.3, -0.25) is 0 Å². The Labute approximate surface area is 96.5 Å². The van der Waals surface area contributed by atoms with Crippen molar-refractivity contribution in [3.63, 3.8) is 0 Å². The Hall–Kier alpha value is 0.400. The summed E-state index contributed by atoms with van der Waals surface area (Å²) >= 11 is 0. The summed E-state index contributed by atoms with van der Waals surface area (Å²) in [6.45, 7) is 2.68. The standard InChI is InChI=1S/C8H17NO2.Na.H/c1-2-3-4-5-6-7-8-11-9-10;;/h2-8H2,1H3;;. The van der Waals surface area contributed by atoms with Crippen molar-refractivity contribution in [1.29, 1.82) is 0 Å². The zero-order chi connectivity index (χ0) is 8.36. The predicted molar refractivity (Wildman–Crippen MR) is 52.3 cm³/mol. The van der Waals surface area contributed by atoms with Gasteiger partial charge in [0, 0.05) is 0 Å². The molecule has 0 aromatic carbocycles. The molecule has 0 fully saturated rings. The minimum atomic E-state index is 0. The molecule has 0 unspecified atom stereocenters. The van der Waals surface area contributed by atoms with Crippen LogP contribution in [0.1, 0.15) is 45.4 Å². The third-order valence-corrected chi connectivity index (χ3v) is 1.64. The van der Waals surface area contributed by atoms with Crippen LogP contribution >= 0.6 is 0 Å². The van der Waals surface area contributed by atoms with Gasteiger partial charge in [-0.05, 0) is 12.8 Å². The molecule has 12 heavy (non-hydrogen) atoms. The van der Waals surface area contributed by atoms with Gasteiger partial charge in [0.15, 0.2) is 5.34 Å². The van der Waals surface area contributed by atoms with E-state index in [4.69, 9.17) is 0 Å². The van der Waals surface area contributed by atoms with Crippen LogP contribution in [0.5, 0.6) is 0 Å². The Morgan fingerprint density at radius 2 is 1.67 bits per heavy atom. The van der Waals surface area contributed by atoms with E-state index in [0.29, 0.717) is 6.61 Å². The van der Waals surface area contributed by atoms with E-state index in [-0.39, 0.29) is 29.6 Å². The van der Waals surface area contributed by atoms with Gasteiger partial charge < -0.3 is 4.84 Å². The van der Waals surface area contributed by atoms with Gasteiger partial charge in [0.2, 0.25) is 0 Å². The van der Waals surface area contributed by atoms with E-state index in [1.165, 1.54) is 25.7 Å². The molecule has 0 rings (SSSR count). The summed E-state index contributed by atoms with van der Waals surface area (Å²) in [5.74, 6) is 0. The summed E-state index contributed by atoms with van der Waals surface area (Å²) in [5, 5.41) is 2.32. The summed E-state index contributed by atoms with van der Waals surface area (Å²) in [6, 6.07) is 0. The van der Waals surface area contributed by atoms with Crippen molar-refractivity contribution in [2.24, 2.45) is 5.34 Å². The average molecular weight is 183 g/mol. The van der Waals surface area contributed by atoms with Crippen molar-refractivity contribution in [1.82, 2.24) is 0 Å². The van der Waals surface area contributed by atoms with Crippen LogP contribution < -0.4 is 0 Å². The molecule has 0 saturated carbocycles. The first-order valence-corrected chi connectivity index (χ1v) is 4.36. The fourth-order valence-corrected chi connectivity index (χ4v) is 0.984. The molecule has 68 valence electrons. The van der Waals surface area contributed by atoms with E-state index < -0.39 is 0 Å². The number of rotatable bonds is 8. The molecule has 0 heterocycles. The van der Waals surface area contributed by atoms with Gasteiger partial charge >= 0.3 is 29.6 Å². The second-order valence-electron chi connectivity index (χ2n) is 2.68. The minimum absolute atomic E-state index is 0. The van der Waals surface area contributed by atoms with Crippen LogP contribution in [0.2, 0.25) is 0 Å². The number of unbranched alkanes of at least 4 members (excludes halogenated alkanes) is 5. The van der Waals surface area contributed by atoms with Crippen LogP contribution in [-0.4, -0.2) is 36.2 Å². The second kappa shape index (κ2) is 14.0. The first-order valence-electron chi connectivity index (χ1n) is 4.36. The van der Waals surface area contributed by atoms with Gasteiger partial charge in [-0.1, -0.05) is 32.6 Å². The molecular formula is C8H18NNaO2. The second-order valence-corrected chi connectivity index (χ2v) is 2.68. The molecular weight excluding hydrogens is 165 g/mol. The maximum atomic E-state index is 9.47. The van der Waals surface area contributed by atoms with Crippen molar-refractivity contribution < 1.29 is 4.84 Å². The molecule has 0 spiro atoms. The first-order chi connectivity index (χ1) is 5.41. The van der Waals surface area contributed by atoms with Crippen LogP contribution in [-0.2, 0) is 4.84 Å². The summed E-state index contributed by atoms with van der Waals surface area (Å²) in [5.41, 5.74) is 0. The molecule has 0 atom stereocenters. The third kappa shape index (κ3) is 13.0. The van der Waals surface area contributed by atoms with Gasteiger partial charge in [0.1, 0.15) is 6.61 Å².